The first-order valence-electron chi connectivity index (χ1n) is 13.5. The Hall–Kier alpha value is -2.43. The van der Waals surface area contributed by atoms with E-state index in [0.717, 1.165) is 83.4 Å². The molecule has 0 saturated carbocycles. The van der Waals surface area contributed by atoms with Crippen molar-refractivity contribution in [2.75, 3.05) is 39.3 Å². The summed E-state index contributed by atoms with van der Waals surface area (Å²) in [4.78, 5) is 16.8. The summed E-state index contributed by atoms with van der Waals surface area (Å²) >= 11 is 0. The first-order valence-corrected chi connectivity index (χ1v) is 14.9. The van der Waals surface area contributed by atoms with Crippen molar-refractivity contribution >= 4 is 16.0 Å². The molecule has 37 heavy (non-hydrogen) atoms. The molecule has 9 nitrogen and oxygen atoms in total. The van der Waals surface area contributed by atoms with Gasteiger partial charge < -0.3 is 23.8 Å². The summed E-state index contributed by atoms with van der Waals surface area (Å²) in [5.41, 5.74) is 2.69. The number of carbonyl (C=O) groups is 1. The smallest absolute Gasteiger partial charge is 0.344 e. The van der Waals surface area contributed by atoms with Crippen molar-refractivity contribution in [3.8, 4) is 5.75 Å². The Kier molecular flexibility index (Phi) is 9.26. The SMILES string of the molecule is CCCN(CCCCN1CCNCCC1=O)C1CCc2ccc(OS(=O)(=O)c3c(C)noc3C)cc2C1. The number of hydrogen-bond donors (Lipinski definition) is 1. The molecule has 204 valence electrons. The maximum absolute atomic E-state index is 12.9. The Bertz CT molecular complexity index is 1160. The van der Waals surface area contributed by atoms with Crippen LogP contribution in [-0.2, 0) is 27.8 Å². The molecule has 1 N–H and O–H groups in total. The van der Waals surface area contributed by atoms with Gasteiger partial charge >= 0.3 is 10.1 Å². The lowest BCUT2D eigenvalue weighted by Gasteiger charge is -2.35. The molecule has 1 aromatic carbocycles. The lowest BCUT2D eigenvalue weighted by molar-refractivity contribution is -0.130. The summed E-state index contributed by atoms with van der Waals surface area (Å²) in [7, 11) is -4.03. The van der Waals surface area contributed by atoms with E-state index in [1.165, 1.54) is 5.56 Å². The zero-order valence-corrected chi connectivity index (χ0v) is 23.1. The van der Waals surface area contributed by atoms with Gasteiger partial charge in [-0.2, -0.15) is 8.42 Å². The van der Waals surface area contributed by atoms with E-state index >= 15 is 0 Å². The maximum atomic E-state index is 12.9. The molecule has 1 aliphatic heterocycles. The number of amides is 1. The number of hydrogen-bond acceptors (Lipinski definition) is 8. The van der Waals surface area contributed by atoms with Gasteiger partial charge in [-0.05, 0) is 88.7 Å². The molecule has 2 aromatic rings. The van der Waals surface area contributed by atoms with E-state index in [1.807, 2.05) is 17.0 Å². The van der Waals surface area contributed by atoms with Crippen LogP contribution in [0.4, 0.5) is 0 Å². The van der Waals surface area contributed by atoms with Crippen molar-refractivity contribution in [1.29, 1.82) is 0 Å². The standard InChI is InChI=1S/C27H40N4O5S/c1-4-14-30(15-5-6-16-31-17-13-28-12-11-26(31)32)24-9-7-22-8-10-25(19-23(22)18-24)36-37(33,34)27-20(2)29-35-21(27)3/h8,10,19,24,28H,4-7,9,11-18H2,1-3H3. The molecule has 1 amide bonds. The van der Waals surface area contributed by atoms with Crippen LogP contribution >= 0.6 is 0 Å². The van der Waals surface area contributed by atoms with Gasteiger partial charge in [0.25, 0.3) is 0 Å². The zero-order valence-electron chi connectivity index (χ0n) is 22.3. The summed E-state index contributed by atoms with van der Waals surface area (Å²) < 4.78 is 36.3. The fourth-order valence-electron chi connectivity index (χ4n) is 5.51. The van der Waals surface area contributed by atoms with E-state index in [0.29, 0.717) is 23.9 Å². The Morgan fingerprint density at radius 1 is 1.16 bits per heavy atom. The minimum atomic E-state index is -4.03. The first-order chi connectivity index (χ1) is 17.8. The van der Waals surface area contributed by atoms with Crippen molar-refractivity contribution in [2.45, 2.75) is 76.7 Å². The normalized spacial score (nSPS) is 18.6. The number of benzene rings is 1. The number of nitrogens with zero attached hydrogens (tertiary/aromatic N) is 3. The molecule has 2 aliphatic rings. The molecule has 10 heteroatoms. The van der Waals surface area contributed by atoms with Crippen molar-refractivity contribution in [1.82, 2.24) is 20.3 Å². The highest BCUT2D eigenvalue weighted by atomic mass is 32.2. The van der Waals surface area contributed by atoms with Crippen molar-refractivity contribution in [3.05, 3.63) is 40.8 Å². The van der Waals surface area contributed by atoms with Crippen LogP contribution in [0.3, 0.4) is 0 Å². The highest BCUT2D eigenvalue weighted by Gasteiger charge is 2.28. The fourth-order valence-corrected chi connectivity index (χ4v) is 6.74. The quantitative estimate of drug-likeness (QED) is 0.347. The van der Waals surface area contributed by atoms with E-state index in [-0.39, 0.29) is 16.6 Å². The highest BCUT2D eigenvalue weighted by molar-refractivity contribution is 7.87. The third kappa shape index (κ3) is 6.91. The summed E-state index contributed by atoms with van der Waals surface area (Å²) in [5.74, 6) is 0.800. The van der Waals surface area contributed by atoms with Crippen LogP contribution in [0.15, 0.2) is 27.6 Å². The van der Waals surface area contributed by atoms with Crippen molar-refractivity contribution in [3.63, 3.8) is 0 Å². The van der Waals surface area contributed by atoms with Crippen molar-refractivity contribution in [2.24, 2.45) is 0 Å². The third-order valence-corrected chi connectivity index (χ3v) is 8.88. The van der Waals surface area contributed by atoms with Crippen LogP contribution in [0.5, 0.6) is 5.75 Å². The van der Waals surface area contributed by atoms with E-state index in [9.17, 15) is 13.2 Å². The lowest BCUT2D eigenvalue weighted by atomic mass is 9.87. The monoisotopic (exact) mass is 532 g/mol. The molecular formula is C27H40N4O5S. The van der Waals surface area contributed by atoms with Gasteiger partial charge in [-0.25, -0.2) is 0 Å². The molecule has 0 bridgehead atoms. The number of fused-ring (bicyclic) bond motifs is 1. The van der Waals surface area contributed by atoms with Crippen LogP contribution in [0, 0.1) is 13.8 Å². The molecule has 1 fully saturated rings. The van der Waals surface area contributed by atoms with Crippen LogP contribution < -0.4 is 9.50 Å². The molecule has 1 saturated heterocycles. The number of carbonyl (C=O) groups excluding carboxylic acids is 1. The number of aryl methyl sites for hydroxylation is 3. The number of nitrogens with one attached hydrogen (secondary N) is 1. The molecule has 0 radical (unpaired) electrons. The minimum absolute atomic E-state index is 0.00430. The van der Waals surface area contributed by atoms with E-state index in [2.05, 4.69) is 22.3 Å². The van der Waals surface area contributed by atoms with Crippen LogP contribution in [0.2, 0.25) is 0 Å². The molecular weight excluding hydrogens is 492 g/mol. The average Bonchev–Trinajstić information content (AvgIpc) is 3.08. The van der Waals surface area contributed by atoms with Gasteiger partial charge in [0.05, 0.1) is 0 Å². The van der Waals surface area contributed by atoms with E-state index in [1.54, 1.807) is 19.9 Å². The number of unbranched alkanes of at least 4 members (excludes halogenated alkanes) is 1. The molecule has 1 atom stereocenters. The Labute approximate surface area is 220 Å². The summed E-state index contributed by atoms with van der Waals surface area (Å²) in [5, 5.41) is 7.04. The second kappa shape index (κ2) is 12.4. The fraction of sp³-hybridized carbons (Fsp3) is 0.630. The largest absolute Gasteiger partial charge is 0.379 e. The summed E-state index contributed by atoms with van der Waals surface area (Å²) in [6, 6.07) is 6.01. The zero-order chi connectivity index (χ0) is 26.4. The molecule has 1 aliphatic carbocycles. The first kappa shape index (κ1) is 27.6. The van der Waals surface area contributed by atoms with Crippen LogP contribution in [0.25, 0.3) is 0 Å². The van der Waals surface area contributed by atoms with Crippen molar-refractivity contribution < 1.29 is 21.9 Å². The second-order valence-electron chi connectivity index (χ2n) is 10.1. The number of rotatable bonds is 11. The number of aromatic nitrogens is 1. The lowest BCUT2D eigenvalue weighted by Crippen LogP contribution is -2.41. The van der Waals surface area contributed by atoms with E-state index in [4.69, 9.17) is 8.71 Å². The third-order valence-electron chi connectivity index (χ3n) is 7.38. The van der Waals surface area contributed by atoms with Gasteiger partial charge in [0.15, 0.2) is 10.7 Å². The topological polar surface area (TPSA) is 105 Å². The molecule has 1 unspecified atom stereocenters. The molecule has 4 rings (SSSR count). The van der Waals surface area contributed by atoms with Gasteiger partial charge in [-0.15, -0.1) is 0 Å². The van der Waals surface area contributed by atoms with Gasteiger partial charge in [0.2, 0.25) is 5.91 Å². The van der Waals surface area contributed by atoms with Crippen LogP contribution in [-0.4, -0.2) is 74.6 Å². The Balaban J connectivity index is 1.37. The predicted octanol–water partition coefficient (Wildman–Crippen LogP) is 3.23. The van der Waals surface area contributed by atoms with Gasteiger partial charge in [0, 0.05) is 38.6 Å². The average molecular weight is 533 g/mol. The minimum Gasteiger partial charge on any atom is -0.379 e. The Morgan fingerprint density at radius 2 is 2.00 bits per heavy atom. The van der Waals surface area contributed by atoms with Crippen LogP contribution in [0.1, 0.15) is 61.6 Å². The molecule has 1 aromatic heterocycles. The molecule has 0 spiro atoms. The van der Waals surface area contributed by atoms with Gasteiger partial charge in [-0.3, -0.25) is 4.79 Å². The summed E-state index contributed by atoms with van der Waals surface area (Å²) in [6.07, 6.45) is 6.65. The van der Waals surface area contributed by atoms with Gasteiger partial charge in [-0.1, -0.05) is 18.1 Å². The highest BCUT2D eigenvalue weighted by Crippen LogP contribution is 2.30. The van der Waals surface area contributed by atoms with E-state index < -0.39 is 10.1 Å². The maximum Gasteiger partial charge on any atom is 0.344 e. The van der Waals surface area contributed by atoms with Gasteiger partial charge in [0.1, 0.15) is 11.4 Å². The Morgan fingerprint density at radius 3 is 2.76 bits per heavy atom. The second-order valence-corrected chi connectivity index (χ2v) is 11.6. The summed E-state index contributed by atoms with van der Waals surface area (Å²) in [6.45, 7) is 10.7. The molecule has 2 heterocycles. The predicted molar refractivity (Wildman–Crippen MR) is 141 cm³/mol.